The number of fused-ring (bicyclic) bond motifs is 1. The molecule has 3 aromatic heterocycles. The van der Waals surface area contributed by atoms with Crippen LogP contribution < -0.4 is 4.90 Å². The average Bonchev–Trinajstić information content (AvgIpc) is 3.41. The van der Waals surface area contributed by atoms with Crippen molar-refractivity contribution in [2.45, 2.75) is 11.3 Å². The summed E-state index contributed by atoms with van der Waals surface area (Å²) in [6, 6.07) is 12.6. The fraction of sp³-hybridized carbons (Fsp3) is 0.158. The Labute approximate surface area is 174 Å². The predicted molar refractivity (Wildman–Crippen MR) is 117 cm³/mol. The Hall–Kier alpha value is -2.07. The third kappa shape index (κ3) is 4.02. The molecule has 0 saturated carbocycles. The lowest BCUT2D eigenvalue weighted by Gasteiger charge is -2.18. The van der Waals surface area contributed by atoms with Gasteiger partial charge in [-0.1, -0.05) is 23.5 Å². The Balaban J connectivity index is 1.71. The Morgan fingerprint density at radius 1 is 1.11 bits per heavy atom. The quantitative estimate of drug-likeness (QED) is 0.428. The number of amides is 1. The standard InChI is InChI=1S/C19H16N2O3S4/c1-28(23,24)14-6-7-15-17(12-14)27-19(20-15)21(9-8-13-4-2-10-25-13)18(22)16-5-3-11-26-16/h2-7,10-12H,8-9H2,1H3. The number of nitrogens with zero attached hydrogens (tertiary/aromatic N) is 2. The second-order valence-corrected chi connectivity index (χ2v) is 11.2. The van der Waals surface area contributed by atoms with Gasteiger partial charge < -0.3 is 0 Å². The van der Waals surface area contributed by atoms with Crippen LogP contribution in [0, 0.1) is 0 Å². The molecule has 0 fully saturated rings. The number of benzene rings is 1. The molecule has 0 atom stereocenters. The number of thiophene rings is 2. The summed E-state index contributed by atoms with van der Waals surface area (Å²) in [6.07, 6.45) is 1.92. The summed E-state index contributed by atoms with van der Waals surface area (Å²) in [5.74, 6) is -0.0889. The van der Waals surface area contributed by atoms with Crippen LogP contribution in [-0.2, 0) is 16.3 Å². The van der Waals surface area contributed by atoms with Crippen molar-refractivity contribution in [3.63, 3.8) is 0 Å². The van der Waals surface area contributed by atoms with Gasteiger partial charge in [-0.15, -0.1) is 22.7 Å². The maximum absolute atomic E-state index is 13.1. The Morgan fingerprint density at radius 2 is 1.89 bits per heavy atom. The number of carbonyl (C=O) groups is 1. The first-order valence-corrected chi connectivity index (χ1v) is 12.9. The van der Waals surface area contributed by atoms with Crippen molar-refractivity contribution in [3.05, 3.63) is 63.0 Å². The van der Waals surface area contributed by atoms with Crippen LogP contribution in [0.1, 0.15) is 14.5 Å². The first kappa shape index (κ1) is 19.3. The van der Waals surface area contributed by atoms with Crippen LogP contribution in [0.2, 0.25) is 0 Å². The molecular formula is C19H16N2O3S4. The van der Waals surface area contributed by atoms with Gasteiger partial charge >= 0.3 is 0 Å². The average molecular weight is 449 g/mol. The third-order valence-electron chi connectivity index (χ3n) is 4.15. The molecule has 0 radical (unpaired) electrons. The van der Waals surface area contributed by atoms with Gasteiger partial charge in [-0.3, -0.25) is 9.69 Å². The van der Waals surface area contributed by atoms with E-state index in [1.54, 1.807) is 40.5 Å². The summed E-state index contributed by atoms with van der Waals surface area (Å²) in [6.45, 7) is 0.510. The molecule has 9 heteroatoms. The van der Waals surface area contributed by atoms with E-state index in [0.717, 1.165) is 11.1 Å². The smallest absolute Gasteiger partial charge is 0.270 e. The molecule has 0 N–H and O–H groups in total. The monoisotopic (exact) mass is 448 g/mol. The number of sulfone groups is 1. The van der Waals surface area contributed by atoms with Crippen molar-refractivity contribution in [2.24, 2.45) is 0 Å². The van der Waals surface area contributed by atoms with Crippen LogP contribution in [0.15, 0.2) is 58.1 Å². The Bertz CT molecular complexity index is 1210. The van der Waals surface area contributed by atoms with E-state index in [0.29, 0.717) is 22.1 Å². The SMILES string of the molecule is CS(=O)(=O)c1ccc2nc(N(CCc3cccs3)C(=O)c3cccs3)sc2c1. The Kier molecular flexibility index (Phi) is 5.33. The van der Waals surface area contributed by atoms with Crippen molar-refractivity contribution >= 4 is 65.1 Å². The minimum atomic E-state index is -3.30. The second kappa shape index (κ2) is 7.75. The molecule has 5 nitrogen and oxygen atoms in total. The molecule has 0 spiro atoms. The second-order valence-electron chi connectivity index (χ2n) is 6.16. The maximum atomic E-state index is 13.1. The first-order chi connectivity index (χ1) is 13.4. The van der Waals surface area contributed by atoms with Crippen molar-refractivity contribution < 1.29 is 13.2 Å². The van der Waals surface area contributed by atoms with E-state index in [4.69, 9.17) is 0 Å². The molecule has 0 aliphatic heterocycles. The number of thiazole rings is 1. The topological polar surface area (TPSA) is 67.3 Å². The van der Waals surface area contributed by atoms with E-state index in [1.807, 2.05) is 22.9 Å². The van der Waals surface area contributed by atoms with E-state index in [1.165, 1.54) is 33.8 Å². The van der Waals surface area contributed by atoms with Crippen molar-refractivity contribution in [1.82, 2.24) is 4.98 Å². The van der Waals surface area contributed by atoms with Gasteiger partial charge in [0.25, 0.3) is 5.91 Å². The molecular weight excluding hydrogens is 432 g/mol. The summed E-state index contributed by atoms with van der Waals surface area (Å²) in [4.78, 5) is 21.5. The number of hydrogen-bond acceptors (Lipinski definition) is 7. The molecule has 1 amide bonds. The molecule has 0 aliphatic carbocycles. The molecule has 0 saturated heterocycles. The molecule has 4 aromatic rings. The van der Waals surface area contributed by atoms with Crippen LogP contribution in [0.25, 0.3) is 10.2 Å². The van der Waals surface area contributed by atoms with Crippen LogP contribution in [0.4, 0.5) is 5.13 Å². The van der Waals surface area contributed by atoms with Crippen LogP contribution >= 0.6 is 34.0 Å². The van der Waals surface area contributed by atoms with Gasteiger partial charge in [0.05, 0.1) is 20.0 Å². The van der Waals surface area contributed by atoms with E-state index >= 15 is 0 Å². The maximum Gasteiger partial charge on any atom is 0.270 e. The number of rotatable bonds is 6. The van der Waals surface area contributed by atoms with Gasteiger partial charge in [0.15, 0.2) is 15.0 Å². The van der Waals surface area contributed by atoms with E-state index in [2.05, 4.69) is 11.1 Å². The van der Waals surface area contributed by atoms with Crippen molar-refractivity contribution in [1.29, 1.82) is 0 Å². The number of hydrogen-bond donors (Lipinski definition) is 0. The zero-order valence-electron chi connectivity index (χ0n) is 14.9. The van der Waals surface area contributed by atoms with Gasteiger partial charge in [-0.2, -0.15) is 0 Å². The lowest BCUT2D eigenvalue weighted by molar-refractivity contribution is 0.0991. The fourth-order valence-electron chi connectivity index (χ4n) is 2.73. The fourth-order valence-corrected chi connectivity index (χ4v) is 5.85. The zero-order valence-corrected chi connectivity index (χ0v) is 18.1. The summed E-state index contributed by atoms with van der Waals surface area (Å²) in [5.41, 5.74) is 0.688. The van der Waals surface area contributed by atoms with E-state index < -0.39 is 9.84 Å². The minimum Gasteiger partial charge on any atom is -0.283 e. The molecule has 4 rings (SSSR count). The van der Waals surface area contributed by atoms with Gasteiger partial charge in [-0.05, 0) is 47.5 Å². The van der Waals surface area contributed by atoms with Gasteiger partial charge in [-0.25, -0.2) is 13.4 Å². The van der Waals surface area contributed by atoms with Gasteiger partial charge in [0, 0.05) is 17.7 Å². The molecule has 0 unspecified atom stereocenters. The highest BCUT2D eigenvalue weighted by Gasteiger charge is 2.22. The third-order valence-corrected chi connectivity index (χ3v) is 8.09. The summed E-state index contributed by atoms with van der Waals surface area (Å²) >= 11 is 4.39. The number of aromatic nitrogens is 1. The zero-order chi connectivity index (χ0) is 19.7. The molecule has 0 bridgehead atoms. The van der Waals surface area contributed by atoms with Crippen LogP contribution in [0.5, 0.6) is 0 Å². The summed E-state index contributed by atoms with van der Waals surface area (Å²) in [5, 5.41) is 4.47. The van der Waals surface area contributed by atoms with Crippen molar-refractivity contribution in [2.75, 3.05) is 17.7 Å². The molecule has 1 aromatic carbocycles. The highest BCUT2D eigenvalue weighted by atomic mass is 32.2. The number of anilines is 1. The lowest BCUT2D eigenvalue weighted by atomic mass is 10.3. The summed E-state index contributed by atoms with van der Waals surface area (Å²) in [7, 11) is -3.30. The highest BCUT2D eigenvalue weighted by molar-refractivity contribution is 7.90. The van der Waals surface area contributed by atoms with E-state index in [9.17, 15) is 13.2 Å². The van der Waals surface area contributed by atoms with Gasteiger partial charge in [0.1, 0.15) is 0 Å². The molecule has 28 heavy (non-hydrogen) atoms. The number of carbonyl (C=O) groups excluding carboxylic acids is 1. The highest BCUT2D eigenvalue weighted by Crippen LogP contribution is 2.32. The molecule has 0 aliphatic rings. The lowest BCUT2D eigenvalue weighted by Crippen LogP contribution is -2.32. The first-order valence-electron chi connectivity index (χ1n) is 8.40. The minimum absolute atomic E-state index is 0.0889. The van der Waals surface area contributed by atoms with Gasteiger partial charge in [0.2, 0.25) is 0 Å². The predicted octanol–water partition coefficient (Wildman–Crippen LogP) is 4.71. The van der Waals surface area contributed by atoms with Crippen LogP contribution in [-0.4, -0.2) is 32.1 Å². The molecule has 144 valence electrons. The molecule has 3 heterocycles. The van der Waals surface area contributed by atoms with E-state index in [-0.39, 0.29) is 10.8 Å². The largest absolute Gasteiger partial charge is 0.283 e. The van der Waals surface area contributed by atoms with Crippen molar-refractivity contribution in [3.8, 4) is 0 Å². The normalized spacial score (nSPS) is 11.8. The Morgan fingerprint density at radius 3 is 2.57 bits per heavy atom. The summed E-state index contributed by atoms with van der Waals surface area (Å²) < 4.78 is 24.4. The van der Waals surface area contributed by atoms with Crippen LogP contribution in [0.3, 0.4) is 0 Å².